The van der Waals surface area contributed by atoms with Gasteiger partial charge in [-0.05, 0) is 23.8 Å². The SMILES string of the molecule is C=CCn1c(=NC(=O)/C=C\c2cc(OC)c(OC)c(OC)c2)sc2cc3c(cc21)OCCO3. The standard InChI is InChI=1S/C24H24N2O6S/c1-5-8-26-16-13-17-18(32-10-9-31-17)14-21(16)33-24(26)25-22(27)7-6-15-11-19(28-2)23(30-4)20(12-15)29-3/h5-7,11-14H,1,8-10H2,2-4H3/b7-6-,25-24?. The van der Waals surface area contributed by atoms with Crippen LogP contribution in [0.2, 0.25) is 0 Å². The molecule has 0 N–H and O–H groups in total. The highest BCUT2D eigenvalue weighted by Crippen LogP contribution is 2.38. The van der Waals surface area contributed by atoms with Gasteiger partial charge in [-0.25, -0.2) is 0 Å². The van der Waals surface area contributed by atoms with Crippen molar-refractivity contribution in [2.75, 3.05) is 34.5 Å². The third-order valence-electron chi connectivity index (χ3n) is 4.97. The van der Waals surface area contributed by atoms with Crippen molar-refractivity contribution in [3.63, 3.8) is 0 Å². The summed E-state index contributed by atoms with van der Waals surface area (Å²) in [5.74, 6) is 2.47. The summed E-state index contributed by atoms with van der Waals surface area (Å²) in [4.78, 5) is 17.6. The van der Waals surface area contributed by atoms with Crippen LogP contribution in [0.3, 0.4) is 0 Å². The lowest BCUT2D eigenvalue weighted by atomic mass is 10.1. The van der Waals surface area contributed by atoms with E-state index in [1.807, 2.05) is 16.7 Å². The van der Waals surface area contributed by atoms with Gasteiger partial charge in [-0.2, -0.15) is 4.99 Å². The number of thiazole rings is 1. The van der Waals surface area contributed by atoms with E-state index in [9.17, 15) is 4.79 Å². The molecule has 0 unspecified atom stereocenters. The minimum absolute atomic E-state index is 0.398. The van der Waals surface area contributed by atoms with E-state index in [-0.39, 0.29) is 0 Å². The normalized spacial score (nSPS) is 13.4. The van der Waals surface area contributed by atoms with Crippen molar-refractivity contribution in [3.05, 3.63) is 53.4 Å². The zero-order valence-electron chi connectivity index (χ0n) is 18.6. The molecule has 0 spiro atoms. The molecule has 0 aliphatic carbocycles. The lowest BCUT2D eigenvalue weighted by Gasteiger charge is -2.18. The summed E-state index contributed by atoms with van der Waals surface area (Å²) in [6.45, 7) is 5.35. The molecular weight excluding hydrogens is 444 g/mol. The van der Waals surface area contributed by atoms with Crippen LogP contribution in [0.15, 0.2) is 48.0 Å². The van der Waals surface area contributed by atoms with Crippen LogP contribution in [-0.4, -0.2) is 45.0 Å². The van der Waals surface area contributed by atoms with E-state index >= 15 is 0 Å². The summed E-state index contributed by atoms with van der Waals surface area (Å²) < 4.78 is 30.3. The van der Waals surface area contributed by atoms with Gasteiger partial charge >= 0.3 is 0 Å². The molecule has 0 radical (unpaired) electrons. The van der Waals surface area contributed by atoms with Gasteiger partial charge in [0.2, 0.25) is 5.75 Å². The summed E-state index contributed by atoms with van der Waals surface area (Å²) in [6, 6.07) is 7.35. The molecule has 9 heteroatoms. The molecule has 172 valence electrons. The predicted molar refractivity (Wildman–Crippen MR) is 127 cm³/mol. The molecule has 0 saturated carbocycles. The molecule has 33 heavy (non-hydrogen) atoms. The van der Waals surface area contributed by atoms with Crippen molar-refractivity contribution in [2.45, 2.75) is 6.54 Å². The lowest BCUT2D eigenvalue weighted by Crippen LogP contribution is -2.17. The van der Waals surface area contributed by atoms with Gasteiger partial charge in [-0.15, -0.1) is 6.58 Å². The smallest absolute Gasteiger partial charge is 0.272 e. The van der Waals surface area contributed by atoms with Crippen LogP contribution >= 0.6 is 11.3 Å². The number of aromatic nitrogens is 1. The van der Waals surface area contributed by atoms with Gasteiger partial charge in [0.1, 0.15) is 13.2 Å². The number of allylic oxidation sites excluding steroid dienone is 1. The topological polar surface area (TPSA) is 80.5 Å². The summed E-state index contributed by atoms with van der Waals surface area (Å²) in [7, 11) is 4.62. The first-order chi connectivity index (χ1) is 16.1. The van der Waals surface area contributed by atoms with E-state index in [1.54, 1.807) is 38.5 Å². The summed E-state index contributed by atoms with van der Waals surface area (Å²) in [5, 5.41) is 0. The Kier molecular flexibility index (Phi) is 6.69. The quantitative estimate of drug-likeness (QED) is 0.387. The average molecular weight is 469 g/mol. The number of nitrogens with zero attached hydrogens (tertiary/aromatic N) is 2. The predicted octanol–water partition coefficient (Wildman–Crippen LogP) is 3.83. The number of rotatable bonds is 7. The summed E-state index contributed by atoms with van der Waals surface area (Å²) >= 11 is 1.41. The number of benzene rings is 2. The average Bonchev–Trinajstić information content (AvgIpc) is 3.16. The van der Waals surface area contributed by atoms with Crippen molar-refractivity contribution in [1.29, 1.82) is 0 Å². The molecule has 3 aromatic rings. The van der Waals surface area contributed by atoms with Crippen LogP contribution in [0, 0.1) is 0 Å². The Morgan fingerprint density at radius 2 is 1.76 bits per heavy atom. The molecule has 0 fully saturated rings. The van der Waals surface area contributed by atoms with Crippen molar-refractivity contribution >= 4 is 33.5 Å². The van der Waals surface area contributed by atoms with Gasteiger partial charge in [0.25, 0.3) is 5.91 Å². The Hall–Kier alpha value is -3.72. The van der Waals surface area contributed by atoms with Crippen LogP contribution in [0.4, 0.5) is 0 Å². The maximum Gasteiger partial charge on any atom is 0.272 e. The zero-order chi connectivity index (χ0) is 23.4. The first kappa shape index (κ1) is 22.5. The molecule has 1 aliphatic rings. The van der Waals surface area contributed by atoms with Crippen LogP contribution in [0.25, 0.3) is 16.3 Å². The van der Waals surface area contributed by atoms with Crippen LogP contribution in [-0.2, 0) is 11.3 Å². The fourth-order valence-corrected chi connectivity index (χ4v) is 4.55. The number of ether oxygens (including phenoxy) is 5. The molecule has 0 bridgehead atoms. The van der Waals surface area contributed by atoms with Gasteiger partial charge in [-0.3, -0.25) is 4.79 Å². The third kappa shape index (κ3) is 4.58. The van der Waals surface area contributed by atoms with E-state index in [0.29, 0.717) is 58.9 Å². The number of amides is 1. The van der Waals surface area contributed by atoms with Crippen molar-refractivity contribution in [1.82, 2.24) is 4.57 Å². The second kappa shape index (κ2) is 9.83. The first-order valence-electron chi connectivity index (χ1n) is 10.2. The second-order valence-electron chi connectivity index (χ2n) is 6.99. The molecule has 1 amide bonds. The molecule has 2 aromatic carbocycles. The molecule has 1 aliphatic heterocycles. The Morgan fingerprint density at radius 1 is 1.09 bits per heavy atom. The Balaban J connectivity index is 1.69. The number of carbonyl (C=O) groups excluding carboxylic acids is 1. The zero-order valence-corrected chi connectivity index (χ0v) is 19.4. The molecule has 2 heterocycles. The maximum atomic E-state index is 12.7. The maximum absolute atomic E-state index is 12.7. The summed E-state index contributed by atoms with van der Waals surface area (Å²) in [6.07, 6.45) is 4.82. The lowest BCUT2D eigenvalue weighted by molar-refractivity contribution is -0.113. The molecule has 0 atom stereocenters. The molecule has 1 aromatic heterocycles. The van der Waals surface area contributed by atoms with Crippen molar-refractivity contribution in [3.8, 4) is 28.7 Å². The number of hydrogen-bond donors (Lipinski definition) is 0. The molecule has 4 rings (SSSR count). The molecule has 0 saturated heterocycles. The van der Waals surface area contributed by atoms with Gasteiger partial charge in [-0.1, -0.05) is 17.4 Å². The Labute approximate surface area is 194 Å². The van der Waals surface area contributed by atoms with Crippen LogP contribution in [0.5, 0.6) is 28.7 Å². The largest absolute Gasteiger partial charge is 0.493 e. The van der Waals surface area contributed by atoms with Gasteiger partial charge in [0, 0.05) is 24.8 Å². The number of hydrogen-bond acceptors (Lipinski definition) is 7. The van der Waals surface area contributed by atoms with Crippen molar-refractivity contribution in [2.24, 2.45) is 4.99 Å². The van der Waals surface area contributed by atoms with Crippen LogP contribution < -0.4 is 28.5 Å². The highest BCUT2D eigenvalue weighted by Gasteiger charge is 2.16. The van der Waals surface area contributed by atoms with E-state index in [4.69, 9.17) is 23.7 Å². The van der Waals surface area contributed by atoms with Gasteiger partial charge in [0.15, 0.2) is 27.8 Å². The van der Waals surface area contributed by atoms with E-state index < -0.39 is 5.91 Å². The van der Waals surface area contributed by atoms with Gasteiger partial charge in [0.05, 0.1) is 31.5 Å². The fourth-order valence-electron chi connectivity index (χ4n) is 3.49. The van der Waals surface area contributed by atoms with E-state index in [1.165, 1.54) is 24.5 Å². The Morgan fingerprint density at radius 3 is 2.36 bits per heavy atom. The van der Waals surface area contributed by atoms with Gasteiger partial charge < -0.3 is 28.3 Å². The molecule has 8 nitrogen and oxygen atoms in total. The number of carbonyl (C=O) groups is 1. The molecular formula is C24H24N2O6S. The number of fused-ring (bicyclic) bond motifs is 2. The summed E-state index contributed by atoms with van der Waals surface area (Å²) in [5.41, 5.74) is 1.62. The van der Waals surface area contributed by atoms with Crippen molar-refractivity contribution < 1.29 is 28.5 Å². The second-order valence-corrected chi connectivity index (χ2v) is 8.00. The van der Waals surface area contributed by atoms with E-state index in [0.717, 1.165) is 10.2 Å². The third-order valence-corrected chi connectivity index (χ3v) is 6.01. The highest BCUT2D eigenvalue weighted by molar-refractivity contribution is 7.16. The Bertz CT molecular complexity index is 1280. The minimum atomic E-state index is -0.398. The highest BCUT2D eigenvalue weighted by atomic mass is 32.1. The minimum Gasteiger partial charge on any atom is -0.493 e. The monoisotopic (exact) mass is 468 g/mol. The van der Waals surface area contributed by atoms with E-state index in [2.05, 4.69) is 11.6 Å². The first-order valence-corrected chi connectivity index (χ1v) is 11.0. The number of methoxy groups -OCH3 is 3. The fraction of sp³-hybridized carbons (Fsp3) is 0.250. The van der Waals surface area contributed by atoms with Crippen LogP contribution in [0.1, 0.15) is 5.56 Å².